The first-order valence-electron chi connectivity index (χ1n) is 14.7. The number of aromatic nitrogens is 2. The second-order valence-electron chi connectivity index (χ2n) is 10.9. The molecular weight excluding hydrogens is 601 g/mol. The van der Waals surface area contributed by atoms with E-state index < -0.39 is 29.9 Å². The summed E-state index contributed by atoms with van der Waals surface area (Å²) in [6, 6.07) is 7.39. The zero-order valence-electron chi connectivity index (χ0n) is 25.9. The van der Waals surface area contributed by atoms with E-state index in [-0.39, 0.29) is 31.2 Å². The van der Waals surface area contributed by atoms with Crippen LogP contribution in [0.15, 0.2) is 47.4 Å². The molecule has 0 aliphatic rings. The van der Waals surface area contributed by atoms with Gasteiger partial charge in [0.05, 0.1) is 27.6 Å². The highest BCUT2D eigenvalue weighted by atomic mass is 32.1. The van der Waals surface area contributed by atoms with Crippen LogP contribution in [0.3, 0.4) is 0 Å². The molecule has 3 aromatic rings. The smallest absolute Gasteiger partial charge is 0.407 e. The van der Waals surface area contributed by atoms with Gasteiger partial charge in [-0.2, -0.15) is 0 Å². The molecule has 11 nitrogen and oxygen atoms in total. The largest absolute Gasteiger partial charge is 0.444 e. The van der Waals surface area contributed by atoms with Crippen molar-refractivity contribution in [2.45, 2.75) is 90.6 Å². The summed E-state index contributed by atoms with van der Waals surface area (Å²) in [6.07, 6.45) is 3.39. The Morgan fingerprint density at radius 1 is 1.00 bits per heavy atom. The fourth-order valence-electron chi connectivity index (χ4n) is 4.41. The number of hydrogen-bond donors (Lipinski definition) is 3. The molecule has 2 aromatic heterocycles. The number of carbonyl (C=O) groups excluding carboxylic acids is 4. The van der Waals surface area contributed by atoms with E-state index in [4.69, 9.17) is 4.74 Å². The lowest BCUT2D eigenvalue weighted by Crippen LogP contribution is -2.55. The number of nitrogens with zero attached hydrogens (tertiary/aromatic N) is 3. The number of rotatable bonds is 16. The first kappa shape index (κ1) is 34.6. The second kappa shape index (κ2) is 17.5. The molecule has 3 atom stereocenters. The van der Waals surface area contributed by atoms with E-state index in [0.29, 0.717) is 25.7 Å². The van der Waals surface area contributed by atoms with E-state index in [0.717, 1.165) is 21.1 Å². The third-order valence-electron chi connectivity index (χ3n) is 6.92. The molecule has 0 aliphatic carbocycles. The molecule has 1 aromatic carbocycles. The van der Waals surface area contributed by atoms with Crippen LogP contribution in [-0.2, 0) is 33.9 Å². The highest BCUT2D eigenvalue weighted by Crippen LogP contribution is 2.20. The van der Waals surface area contributed by atoms with Crippen LogP contribution in [0.4, 0.5) is 9.59 Å². The predicted molar refractivity (Wildman–Crippen MR) is 171 cm³/mol. The Labute approximate surface area is 266 Å². The standard InChI is InChI=1S/C31H42N6O5S2/c1-6-23(12-13-24(14-22-10-8-7-9-11-22)35-31(41)42-17-26-15-32-19-44-26)33-28(39)27(21(4)38)36-30(40)37(5)16-25-18-43-29(34-25)20(2)3/h7-11,15,18-20,23-24,27H,6,12-14,16-17H2,1-5H3,(H,33,39)(H,35,41)(H,36,40)/t23-,24+,27-/m0/s1. The molecule has 0 aliphatic heterocycles. The minimum atomic E-state index is -1.33. The van der Waals surface area contributed by atoms with Gasteiger partial charge in [0.1, 0.15) is 6.61 Å². The molecule has 0 fully saturated rings. The lowest BCUT2D eigenvalue weighted by molar-refractivity contribution is -0.130. The molecule has 44 heavy (non-hydrogen) atoms. The molecule has 13 heteroatoms. The van der Waals surface area contributed by atoms with Crippen LogP contribution in [0, 0.1) is 0 Å². The van der Waals surface area contributed by atoms with Crippen molar-refractivity contribution in [3.63, 3.8) is 0 Å². The summed E-state index contributed by atoms with van der Waals surface area (Å²) in [5, 5.41) is 11.3. The van der Waals surface area contributed by atoms with Gasteiger partial charge in [0, 0.05) is 36.6 Å². The minimum Gasteiger partial charge on any atom is -0.444 e. The van der Waals surface area contributed by atoms with Crippen LogP contribution < -0.4 is 16.0 Å². The van der Waals surface area contributed by atoms with Crippen LogP contribution in [0.1, 0.15) is 74.0 Å². The van der Waals surface area contributed by atoms with Crippen molar-refractivity contribution in [3.8, 4) is 0 Å². The first-order chi connectivity index (χ1) is 21.0. The Kier molecular flexibility index (Phi) is 13.7. The van der Waals surface area contributed by atoms with Crippen molar-refractivity contribution in [3.05, 3.63) is 68.6 Å². The van der Waals surface area contributed by atoms with Gasteiger partial charge in [0.2, 0.25) is 0 Å². The van der Waals surface area contributed by atoms with Gasteiger partial charge in [-0.25, -0.2) is 14.6 Å². The summed E-state index contributed by atoms with van der Waals surface area (Å²) >= 11 is 2.94. The maximum absolute atomic E-state index is 13.2. The Balaban J connectivity index is 1.57. The average Bonchev–Trinajstić information content (AvgIpc) is 3.69. The number of benzene rings is 1. The monoisotopic (exact) mass is 642 g/mol. The Bertz CT molecular complexity index is 1350. The molecule has 0 radical (unpaired) electrons. The van der Waals surface area contributed by atoms with Crippen LogP contribution in [0.5, 0.6) is 0 Å². The van der Waals surface area contributed by atoms with Gasteiger partial charge in [-0.1, -0.05) is 51.1 Å². The maximum atomic E-state index is 13.2. The average molecular weight is 643 g/mol. The molecule has 0 spiro atoms. The number of alkyl carbamates (subject to hydrolysis) is 1. The zero-order valence-corrected chi connectivity index (χ0v) is 27.5. The molecule has 0 unspecified atom stereocenters. The van der Waals surface area contributed by atoms with Crippen LogP contribution in [0.2, 0.25) is 0 Å². The van der Waals surface area contributed by atoms with Crippen molar-refractivity contribution < 1.29 is 23.9 Å². The van der Waals surface area contributed by atoms with Crippen molar-refractivity contribution in [1.82, 2.24) is 30.8 Å². The number of nitrogens with one attached hydrogen (secondary N) is 3. The number of thiazole rings is 2. The number of hydrogen-bond acceptors (Lipinski definition) is 9. The number of urea groups is 1. The Hall–Kier alpha value is -3.84. The summed E-state index contributed by atoms with van der Waals surface area (Å²) in [7, 11) is 1.59. The molecule has 0 saturated heterocycles. The molecular formula is C31H42N6O5S2. The number of Topliss-reactive ketones (excluding diaryl/α,β-unsaturated/α-hetero) is 1. The van der Waals surface area contributed by atoms with Crippen molar-refractivity contribution in [1.29, 1.82) is 0 Å². The Morgan fingerprint density at radius 2 is 1.73 bits per heavy atom. The predicted octanol–water partition coefficient (Wildman–Crippen LogP) is 5.03. The molecule has 0 bridgehead atoms. The van der Waals surface area contributed by atoms with Crippen LogP contribution >= 0.6 is 22.7 Å². The van der Waals surface area contributed by atoms with Crippen molar-refractivity contribution in [2.24, 2.45) is 0 Å². The fraction of sp³-hybridized carbons (Fsp3) is 0.484. The van der Waals surface area contributed by atoms with E-state index >= 15 is 0 Å². The topological polar surface area (TPSA) is 143 Å². The van der Waals surface area contributed by atoms with Gasteiger partial charge in [0.15, 0.2) is 11.8 Å². The van der Waals surface area contributed by atoms with Gasteiger partial charge in [-0.3, -0.25) is 14.6 Å². The SMILES string of the molecule is CC[C@@H](CC[C@H](Cc1ccccc1)NC(=O)OCc1cncs1)NC(=O)[C@@H](NC(=O)N(C)Cc1csc(C(C)C)n1)C(C)=O. The van der Waals surface area contributed by atoms with E-state index in [2.05, 4.69) is 39.8 Å². The minimum absolute atomic E-state index is 0.137. The lowest BCUT2D eigenvalue weighted by Gasteiger charge is -2.25. The number of ketones is 1. The first-order valence-corrected chi connectivity index (χ1v) is 16.4. The maximum Gasteiger partial charge on any atom is 0.407 e. The van der Waals surface area contributed by atoms with E-state index in [1.165, 1.54) is 34.5 Å². The molecule has 2 heterocycles. The van der Waals surface area contributed by atoms with Crippen LogP contribution in [0.25, 0.3) is 0 Å². The summed E-state index contributed by atoms with van der Waals surface area (Å²) < 4.78 is 5.38. The number of ether oxygens (including phenoxy) is 1. The zero-order chi connectivity index (χ0) is 32.1. The van der Waals surface area contributed by atoms with E-state index in [9.17, 15) is 19.2 Å². The fourth-order valence-corrected chi connectivity index (χ4v) is 5.74. The van der Waals surface area contributed by atoms with Gasteiger partial charge in [0.25, 0.3) is 5.91 Å². The second-order valence-corrected chi connectivity index (χ2v) is 12.8. The van der Waals surface area contributed by atoms with Gasteiger partial charge < -0.3 is 25.6 Å². The van der Waals surface area contributed by atoms with Gasteiger partial charge in [-0.05, 0) is 38.2 Å². The summed E-state index contributed by atoms with van der Waals surface area (Å²) in [6.45, 7) is 7.71. The lowest BCUT2D eigenvalue weighted by atomic mass is 9.98. The van der Waals surface area contributed by atoms with Gasteiger partial charge >= 0.3 is 12.1 Å². The molecule has 4 amide bonds. The summed E-state index contributed by atoms with van der Waals surface area (Å²) in [5.74, 6) is -0.752. The normalized spacial score (nSPS) is 13.0. The number of carbonyl (C=O) groups is 4. The number of amides is 4. The third kappa shape index (κ3) is 11.3. The van der Waals surface area contributed by atoms with Crippen molar-refractivity contribution >= 4 is 46.5 Å². The summed E-state index contributed by atoms with van der Waals surface area (Å²) in [5.41, 5.74) is 3.48. The van der Waals surface area contributed by atoms with Gasteiger partial charge in [-0.15, -0.1) is 22.7 Å². The van der Waals surface area contributed by atoms with E-state index in [1.54, 1.807) is 18.8 Å². The Morgan fingerprint density at radius 3 is 2.34 bits per heavy atom. The highest BCUT2D eigenvalue weighted by Gasteiger charge is 2.28. The molecule has 3 rings (SSSR count). The molecule has 238 valence electrons. The quantitative estimate of drug-likeness (QED) is 0.186. The van der Waals surface area contributed by atoms with Crippen LogP contribution in [-0.4, -0.2) is 63.9 Å². The molecule has 3 N–H and O–H groups in total. The van der Waals surface area contributed by atoms with E-state index in [1.807, 2.05) is 42.6 Å². The summed E-state index contributed by atoms with van der Waals surface area (Å²) in [4.78, 5) is 61.9. The molecule has 0 saturated carbocycles. The highest BCUT2D eigenvalue weighted by molar-refractivity contribution is 7.09. The van der Waals surface area contributed by atoms with Crippen molar-refractivity contribution in [2.75, 3.05) is 7.05 Å². The third-order valence-corrected chi connectivity index (χ3v) is 8.87.